The van der Waals surface area contributed by atoms with Crippen LogP contribution in [0.4, 0.5) is 11.6 Å². The number of nitrogens with zero attached hydrogens (tertiary/aromatic N) is 2. The average molecular weight is 328 g/mol. The van der Waals surface area contributed by atoms with Crippen molar-refractivity contribution < 1.29 is 0 Å². The van der Waals surface area contributed by atoms with E-state index < -0.39 is 0 Å². The van der Waals surface area contributed by atoms with Crippen LogP contribution >= 0.6 is 34.9 Å². The maximum atomic E-state index is 6.27. The van der Waals surface area contributed by atoms with Crippen molar-refractivity contribution in [2.24, 2.45) is 0 Å². The smallest absolute Gasteiger partial charge is 0.147 e. The molecule has 3 rings (SSSR count). The molecule has 1 fully saturated rings. The monoisotopic (exact) mass is 327 g/mol. The molecule has 0 saturated carbocycles. The lowest BCUT2D eigenvalue weighted by Crippen LogP contribution is -2.22. The molecule has 0 amide bonds. The van der Waals surface area contributed by atoms with E-state index in [1.165, 1.54) is 11.9 Å². The van der Waals surface area contributed by atoms with Gasteiger partial charge in [-0.2, -0.15) is 0 Å². The molecule has 1 atom stereocenters. The van der Waals surface area contributed by atoms with Gasteiger partial charge < -0.3 is 15.4 Å². The van der Waals surface area contributed by atoms with Crippen LogP contribution < -0.4 is 15.4 Å². The number of anilines is 2. The lowest BCUT2D eigenvalue weighted by Gasteiger charge is -2.13. The molecule has 0 bridgehead atoms. The predicted octanol–water partition coefficient (Wildman–Crippen LogP) is 3.08. The molecule has 2 aromatic heterocycles. The Balaban J connectivity index is 1.61. The number of rotatable bonds is 5. The first-order valence-corrected chi connectivity index (χ1v) is 8.39. The van der Waals surface area contributed by atoms with E-state index in [4.69, 9.17) is 11.6 Å². The Hall–Kier alpha value is -1.02. The van der Waals surface area contributed by atoms with Crippen LogP contribution in [0.5, 0.6) is 0 Å². The van der Waals surface area contributed by atoms with E-state index in [-0.39, 0.29) is 0 Å². The molecule has 106 valence electrons. The Kier molecular flexibility index (Phi) is 4.62. The van der Waals surface area contributed by atoms with Crippen molar-refractivity contribution in [2.45, 2.75) is 17.4 Å². The summed E-state index contributed by atoms with van der Waals surface area (Å²) in [5.41, 5.74) is 1.79. The molecule has 1 aliphatic heterocycles. The minimum Gasteiger partial charge on any atom is -0.365 e. The molecule has 0 aliphatic carbocycles. The zero-order valence-corrected chi connectivity index (χ0v) is 13.0. The van der Waals surface area contributed by atoms with Crippen molar-refractivity contribution in [3.63, 3.8) is 0 Å². The van der Waals surface area contributed by atoms with Crippen LogP contribution in [0.15, 0.2) is 28.0 Å². The van der Waals surface area contributed by atoms with Gasteiger partial charge in [-0.05, 0) is 31.0 Å². The molecule has 0 aromatic carbocycles. The van der Waals surface area contributed by atoms with Crippen LogP contribution in [0.1, 0.15) is 6.42 Å². The summed E-state index contributed by atoms with van der Waals surface area (Å²) in [6.07, 6.45) is 2.90. The highest BCUT2D eigenvalue weighted by atomic mass is 35.5. The molecule has 20 heavy (non-hydrogen) atoms. The summed E-state index contributed by atoms with van der Waals surface area (Å²) in [5.74, 6) is 1.59. The van der Waals surface area contributed by atoms with Gasteiger partial charge >= 0.3 is 0 Å². The van der Waals surface area contributed by atoms with Crippen LogP contribution in [0, 0.1) is 0 Å². The largest absolute Gasteiger partial charge is 0.365 e. The lowest BCUT2D eigenvalue weighted by molar-refractivity contribution is 0.787. The number of nitrogens with one attached hydrogen (secondary N) is 3. The Labute approximate surface area is 130 Å². The highest BCUT2D eigenvalue weighted by Crippen LogP contribution is 2.27. The van der Waals surface area contributed by atoms with Gasteiger partial charge in [-0.25, -0.2) is 9.97 Å². The van der Waals surface area contributed by atoms with E-state index in [1.807, 2.05) is 11.4 Å². The Bertz CT molecular complexity index is 557. The molecule has 3 heterocycles. The summed E-state index contributed by atoms with van der Waals surface area (Å²) >= 11 is 9.27. The van der Waals surface area contributed by atoms with Gasteiger partial charge in [0.25, 0.3) is 0 Å². The molecule has 2 aromatic rings. The van der Waals surface area contributed by atoms with Gasteiger partial charge in [-0.15, -0.1) is 11.3 Å². The van der Waals surface area contributed by atoms with Gasteiger partial charge in [0.15, 0.2) is 0 Å². The number of hydrogen-bond acceptors (Lipinski definition) is 7. The minimum absolute atomic E-state index is 0.409. The number of hydrogen-bond donors (Lipinski definition) is 3. The molecule has 0 spiro atoms. The summed E-state index contributed by atoms with van der Waals surface area (Å²) in [7, 11) is 0. The average Bonchev–Trinajstić information content (AvgIpc) is 3.12. The molecule has 1 saturated heterocycles. The first-order chi connectivity index (χ1) is 9.81. The van der Waals surface area contributed by atoms with E-state index in [9.17, 15) is 0 Å². The van der Waals surface area contributed by atoms with Crippen molar-refractivity contribution in [3.05, 3.63) is 28.2 Å². The topological polar surface area (TPSA) is 61.9 Å². The maximum Gasteiger partial charge on any atom is 0.147 e. The van der Waals surface area contributed by atoms with E-state index in [2.05, 4.69) is 25.3 Å². The van der Waals surface area contributed by atoms with E-state index >= 15 is 0 Å². The summed E-state index contributed by atoms with van der Waals surface area (Å²) in [5, 5.41) is 9.26. The van der Waals surface area contributed by atoms with Gasteiger partial charge in [0.2, 0.25) is 0 Å². The first kappa shape index (κ1) is 13.9. The van der Waals surface area contributed by atoms with E-state index in [1.54, 1.807) is 23.0 Å². The fraction of sp³-hybridized carbons (Fsp3) is 0.333. The summed E-state index contributed by atoms with van der Waals surface area (Å²) in [4.78, 5) is 9.50. The SMILES string of the molecule is Clc1cc(SNc2cscn2)cnc1NC1CCNC1. The van der Waals surface area contributed by atoms with Gasteiger partial charge in [-0.3, -0.25) is 0 Å². The second-order valence-electron chi connectivity index (χ2n) is 4.41. The Morgan fingerprint density at radius 2 is 2.40 bits per heavy atom. The van der Waals surface area contributed by atoms with Gasteiger partial charge in [0.05, 0.1) is 10.5 Å². The summed E-state index contributed by atoms with van der Waals surface area (Å²) in [6.45, 7) is 2.00. The summed E-state index contributed by atoms with van der Waals surface area (Å²) in [6, 6.07) is 2.31. The molecule has 8 heteroatoms. The highest BCUT2D eigenvalue weighted by molar-refractivity contribution is 8.00. The minimum atomic E-state index is 0.409. The highest BCUT2D eigenvalue weighted by Gasteiger charge is 2.16. The molecule has 5 nitrogen and oxygen atoms in total. The molecule has 1 unspecified atom stereocenters. The van der Waals surface area contributed by atoms with Crippen LogP contribution in [-0.4, -0.2) is 29.1 Å². The van der Waals surface area contributed by atoms with Crippen molar-refractivity contribution in [2.75, 3.05) is 23.1 Å². The van der Waals surface area contributed by atoms with Crippen LogP contribution in [-0.2, 0) is 0 Å². The van der Waals surface area contributed by atoms with E-state index in [0.717, 1.165) is 36.0 Å². The fourth-order valence-electron chi connectivity index (χ4n) is 1.93. The van der Waals surface area contributed by atoms with Crippen molar-refractivity contribution in [3.8, 4) is 0 Å². The van der Waals surface area contributed by atoms with Crippen molar-refractivity contribution in [1.82, 2.24) is 15.3 Å². The quantitative estimate of drug-likeness (QED) is 0.734. The molecule has 3 N–H and O–H groups in total. The molecule has 0 radical (unpaired) electrons. The first-order valence-electron chi connectivity index (χ1n) is 6.25. The van der Waals surface area contributed by atoms with Crippen molar-refractivity contribution in [1.29, 1.82) is 0 Å². The number of halogens is 1. The van der Waals surface area contributed by atoms with Crippen LogP contribution in [0.3, 0.4) is 0 Å². The third kappa shape index (κ3) is 3.54. The normalized spacial score (nSPS) is 18.1. The number of thiazole rings is 1. The van der Waals surface area contributed by atoms with Gasteiger partial charge in [-0.1, -0.05) is 11.6 Å². The molecular weight excluding hydrogens is 314 g/mol. The van der Waals surface area contributed by atoms with Gasteiger partial charge in [0, 0.05) is 29.1 Å². The number of pyridine rings is 1. The fourth-order valence-corrected chi connectivity index (χ4v) is 3.39. The molecule has 1 aliphatic rings. The maximum absolute atomic E-state index is 6.27. The zero-order chi connectivity index (χ0) is 13.8. The predicted molar refractivity (Wildman–Crippen MR) is 85.7 cm³/mol. The second-order valence-corrected chi connectivity index (χ2v) is 6.42. The summed E-state index contributed by atoms with van der Waals surface area (Å²) < 4.78 is 3.15. The van der Waals surface area contributed by atoms with Crippen LogP contribution in [0.2, 0.25) is 5.02 Å². The van der Waals surface area contributed by atoms with E-state index in [0.29, 0.717) is 11.1 Å². The standard InChI is InChI=1S/C12H14ClN5S2/c13-10-3-9(20-18-11-6-19-7-16-11)5-15-12(10)17-8-1-2-14-4-8/h3,5-8,14,18H,1-2,4H2,(H,15,17). The number of aromatic nitrogens is 2. The second kappa shape index (κ2) is 6.62. The lowest BCUT2D eigenvalue weighted by atomic mass is 10.2. The third-order valence-corrected chi connectivity index (χ3v) is 4.57. The zero-order valence-electron chi connectivity index (χ0n) is 10.6. The van der Waals surface area contributed by atoms with Gasteiger partial charge in [0.1, 0.15) is 11.6 Å². The Morgan fingerprint density at radius 1 is 1.45 bits per heavy atom. The third-order valence-electron chi connectivity index (χ3n) is 2.92. The van der Waals surface area contributed by atoms with Crippen molar-refractivity contribution >= 4 is 46.5 Å². The van der Waals surface area contributed by atoms with Crippen LogP contribution in [0.25, 0.3) is 0 Å². The Morgan fingerprint density at radius 3 is 3.10 bits per heavy atom. The molecular formula is C12H14ClN5S2.